The molecule has 18 heavy (non-hydrogen) atoms. The molecule has 10 heteroatoms. The lowest BCUT2D eigenvalue weighted by atomic mass is 10.6. The molecule has 0 aliphatic rings. The lowest BCUT2D eigenvalue weighted by molar-refractivity contribution is 0.0955. The van der Waals surface area contributed by atoms with Gasteiger partial charge in [0, 0.05) is 27.7 Å². The number of nitrogens with zero attached hydrogens (tertiary/aromatic N) is 3. The number of hydrogen-bond acceptors (Lipinski definition) is 7. The molecule has 1 rings (SSSR count). The lowest BCUT2D eigenvalue weighted by Crippen LogP contribution is -2.33. The molecule has 0 atom stereocenters. The number of sulfonamides is 1. The summed E-state index contributed by atoms with van der Waals surface area (Å²) < 4.78 is 24.0. The predicted molar refractivity (Wildman–Crippen MR) is 69.3 cm³/mol. The maximum atomic E-state index is 11.6. The van der Waals surface area contributed by atoms with E-state index in [1.165, 1.54) is 14.1 Å². The molecular formula is C8H15N5O3S2. The van der Waals surface area contributed by atoms with Crippen molar-refractivity contribution in [1.82, 2.24) is 19.8 Å². The topological polar surface area (TPSA) is 104 Å². The summed E-state index contributed by atoms with van der Waals surface area (Å²) in [5.74, 6) is -0.577. The van der Waals surface area contributed by atoms with Crippen molar-refractivity contribution < 1.29 is 13.2 Å². The third kappa shape index (κ3) is 3.89. The second-order valence-corrected chi connectivity index (χ2v) is 6.80. The van der Waals surface area contributed by atoms with Crippen molar-refractivity contribution in [2.75, 3.05) is 38.8 Å². The molecule has 0 saturated heterocycles. The number of nitrogens with one attached hydrogen (secondary N) is 2. The van der Waals surface area contributed by atoms with Crippen molar-refractivity contribution in [2.45, 2.75) is 0 Å². The first kappa shape index (κ1) is 14.8. The zero-order valence-corrected chi connectivity index (χ0v) is 11.9. The quantitative estimate of drug-likeness (QED) is 0.711. The number of hydrogen-bond donors (Lipinski definition) is 2. The van der Waals surface area contributed by atoms with Crippen LogP contribution in [0.1, 0.15) is 9.80 Å². The standard InChI is InChI=1S/C8H15N5O3S2/c1-9-8-12-11-7(17-8)6(14)10-4-5-18(15,16)13(2)3/h4-5H2,1-3H3,(H,9,12)(H,10,14). The van der Waals surface area contributed by atoms with Crippen LogP contribution in [0.4, 0.5) is 5.13 Å². The Morgan fingerprint density at radius 1 is 1.39 bits per heavy atom. The highest BCUT2D eigenvalue weighted by Gasteiger charge is 2.16. The van der Waals surface area contributed by atoms with E-state index in [1.54, 1.807) is 7.05 Å². The van der Waals surface area contributed by atoms with Gasteiger partial charge in [-0.2, -0.15) is 0 Å². The molecule has 0 aliphatic heterocycles. The largest absolute Gasteiger partial charge is 0.363 e. The van der Waals surface area contributed by atoms with Gasteiger partial charge in [0.25, 0.3) is 5.91 Å². The summed E-state index contributed by atoms with van der Waals surface area (Å²) >= 11 is 1.10. The van der Waals surface area contributed by atoms with Gasteiger partial charge in [-0.3, -0.25) is 4.79 Å². The van der Waals surface area contributed by atoms with Crippen molar-refractivity contribution >= 4 is 32.4 Å². The first-order chi connectivity index (χ1) is 8.36. The third-order valence-corrected chi connectivity index (χ3v) is 4.81. The average molecular weight is 293 g/mol. The highest BCUT2D eigenvalue weighted by molar-refractivity contribution is 7.89. The van der Waals surface area contributed by atoms with Crippen molar-refractivity contribution in [1.29, 1.82) is 0 Å². The van der Waals surface area contributed by atoms with Crippen LogP contribution in [0.2, 0.25) is 0 Å². The van der Waals surface area contributed by atoms with Crippen LogP contribution in [0.5, 0.6) is 0 Å². The number of amides is 1. The number of aromatic nitrogens is 2. The van der Waals surface area contributed by atoms with Crippen LogP contribution in [-0.2, 0) is 10.0 Å². The van der Waals surface area contributed by atoms with E-state index in [9.17, 15) is 13.2 Å². The Hall–Kier alpha value is -1.26. The molecular weight excluding hydrogens is 278 g/mol. The van der Waals surface area contributed by atoms with Crippen molar-refractivity contribution in [3.8, 4) is 0 Å². The molecule has 1 aromatic heterocycles. The van der Waals surface area contributed by atoms with Gasteiger partial charge in [-0.25, -0.2) is 12.7 Å². The Labute approximate surface area is 109 Å². The molecule has 0 spiro atoms. The molecule has 1 aromatic rings. The fraction of sp³-hybridized carbons (Fsp3) is 0.625. The number of carbonyl (C=O) groups is 1. The van der Waals surface area contributed by atoms with E-state index < -0.39 is 15.9 Å². The predicted octanol–water partition coefficient (Wildman–Crippen LogP) is -0.799. The van der Waals surface area contributed by atoms with E-state index in [2.05, 4.69) is 20.8 Å². The molecule has 1 heterocycles. The highest BCUT2D eigenvalue weighted by atomic mass is 32.2. The third-order valence-electron chi connectivity index (χ3n) is 2.04. The molecule has 0 aliphatic carbocycles. The van der Waals surface area contributed by atoms with Gasteiger partial charge >= 0.3 is 0 Å². The molecule has 0 saturated carbocycles. The van der Waals surface area contributed by atoms with Gasteiger partial charge in [0.1, 0.15) is 0 Å². The second-order valence-electron chi connectivity index (χ2n) is 3.52. The Kier molecular flexibility index (Phi) is 4.99. The SMILES string of the molecule is CNc1nnc(C(=O)NCCS(=O)(=O)N(C)C)s1. The summed E-state index contributed by atoms with van der Waals surface area (Å²) in [6.07, 6.45) is 0. The Morgan fingerprint density at radius 3 is 2.56 bits per heavy atom. The lowest BCUT2D eigenvalue weighted by Gasteiger charge is -2.10. The van der Waals surface area contributed by atoms with Gasteiger partial charge in [0.2, 0.25) is 20.2 Å². The molecule has 0 aromatic carbocycles. The minimum Gasteiger partial charge on any atom is -0.363 e. The van der Waals surface area contributed by atoms with Gasteiger partial charge in [0.15, 0.2) is 0 Å². The molecule has 0 bridgehead atoms. The van der Waals surface area contributed by atoms with Crippen molar-refractivity contribution in [3.05, 3.63) is 5.01 Å². The molecule has 2 N–H and O–H groups in total. The second kappa shape index (κ2) is 6.07. The van der Waals surface area contributed by atoms with E-state index in [1.807, 2.05) is 0 Å². The summed E-state index contributed by atoms with van der Waals surface area (Å²) in [5.41, 5.74) is 0. The van der Waals surface area contributed by atoms with Crippen LogP contribution in [0.25, 0.3) is 0 Å². The number of rotatable bonds is 6. The molecule has 8 nitrogen and oxygen atoms in total. The van der Waals surface area contributed by atoms with E-state index in [-0.39, 0.29) is 17.3 Å². The summed E-state index contributed by atoms with van der Waals surface area (Å²) in [6.45, 7) is 0.0355. The average Bonchev–Trinajstić information content (AvgIpc) is 2.76. The smallest absolute Gasteiger partial charge is 0.282 e. The van der Waals surface area contributed by atoms with E-state index in [0.29, 0.717) is 5.13 Å². The van der Waals surface area contributed by atoms with Gasteiger partial charge in [0.05, 0.1) is 5.75 Å². The van der Waals surface area contributed by atoms with Gasteiger partial charge < -0.3 is 10.6 Å². The fourth-order valence-corrected chi connectivity index (χ4v) is 2.31. The molecule has 1 amide bonds. The van der Waals surface area contributed by atoms with E-state index in [4.69, 9.17) is 0 Å². The summed E-state index contributed by atoms with van der Waals surface area (Å²) in [7, 11) is 1.26. The minimum atomic E-state index is -3.30. The molecule has 0 radical (unpaired) electrons. The summed E-state index contributed by atoms with van der Waals surface area (Å²) in [6, 6.07) is 0. The van der Waals surface area contributed by atoms with Gasteiger partial charge in [-0.15, -0.1) is 10.2 Å². The molecule has 102 valence electrons. The van der Waals surface area contributed by atoms with Crippen molar-refractivity contribution in [3.63, 3.8) is 0 Å². The Morgan fingerprint density at radius 2 is 2.06 bits per heavy atom. The minimum absolute atomic E-state index is 0.0355. The van der Waals surface area contributed by atoms with Crippen molar-refractivity contribution in [2.24, 2.45) is 0 Å². The zero-order chi connectivity index (χ0) is 13.8. The normalized spacial score (nSPS) is 11.6. The van der Waals surface area contributed by atoms with Crippen LogP contribution in [-0.4, -0.2) is 62.3 Å². The first-order valence-corrected chi connectivity index (χ1v) is 7.49. The van der Waals surface area contributed by atoms with Crippen LogP contribution >= 0.6 is 11.3 Å². The van der Waals surface area contributed by atoms with Crippen LogP contribution < -0.4 is 10.6 Å². The maximum absolute atomic E-state index is 11.6. The maximum Gasteiger partial charge on any atom is 0.282 e. The number of carbonyl (C=O) groups excluding carboxylic acids is 1. The summed E-state index contributed by atoms with van der Waals surface area (Å²) in [5, 5.41) is 13.3. The monoisotopic (exact) mass is 293 g/mol. The highest BCUT2D eigenvalue weighted by Crippen LogP contribution is 2.13. The first-order valence-electron chi connectivity index (χ1n) is 5.06. The Balaban J connectivity index is 2.47. The fourth-order valence-electron chi connectivity index (χ4n) is 0.968. The molecule has 0 fully saturated rings. The zero-order valence-electron chi connectivity index (χ0n) is 10.3. The van der Waals surface area contributed by atoms with Gasteiger partial charge in [-0.05, 0) is 0 Å². The molecule has 0 unspecified atom stereocenters. The number of anilines is 1. The van der Waals surface area contributed by atoms with Crippen LogP contribution in [0, 0.1) is 0 Å². The van der Waals surface area contributed by atoms with E-state index in [0.717, 1.165) is 15.6 Å². The van der Waals surface area contributed by atoms with Crippen LogP contribution in [0.3, 0.4) is 0 Å². The van der Waals surface area contributed by atoms with E-state index >= 15 is 0 Å². The Bertz CT molecular complexity index is 511. The summed E-state index contributed by atoms with van der Waals surface area (Å²) in [4.78, 5) is 11.6. The van der Waals surface area contributed by atoms with Gasteiger partial charge in [-0.1, -0.05) is 11.3 Å². The van der Waals surface area contributed by atoms with Crippen LogP contribution in [0.15, 0.2) is 0 Å².